The quantitative estimate of drug-likeness (QED) is 0.702. The Hall–Kier alpha value is -2.73. The number of aromatic amines is 1. The number of pyridine rings is 1. The van der Waals surface area contributed by atoms with Gasteiger partial charge in [-0.1, -0.05) is 12.1 Å². The molecule has 1 saturated heterocycles. The zero-order valence-corrected chi connectivity index (χ0v) is 15.0. The lowest BCUT2D eigenvalue weighted by molar-refractivity contribution is -0.117. The molecule has 3 aliphatic rings. The number of nitrogens with zero attached hydrogens (tertiary/aromatic N) is 3. The monoisotopic (exact) mass is 359 g/mol. The van der Waals surface area contributed by atoms with Gasteiger partial charge in [-0.25, -0.2) is 4.98 Å². The number of rotatable bonds is 4. The molecule has 27 heavy (non-hydrogen) atoms. The minimum atomic E-state index is 0.0438. The van der Waals surface area contributed by atoms with Crippen LogP contribution in [0.5, 0.6) is 0 Å². The number of H-pyrrole nitrogens is 1. The van der Waals surface area contributed by atoms with E-state index >= 15 is 0 Å². The van der Waals surface area contributed by atoms with E-state index in [1.165, 1.54) is 25.7 Å². The van der Waals surface area contributed by atoms with Gasteiger partial charge in [0.1, 0.15) is 5.82 Å². The molecule has 0 radical (unpaired) electrons. The Morgan fingerprint density at radius 3 is 2.93 bits per heavy atom. The van der Waals surface area contributed by atoms with E-state index in [2.05, 4.69) is 37.5 Å². The molecule has 136 valence electrons. The summed E-state index contributed by atoms with van der Waals surface area (Å²) >= 11 is 0. The van der Waals surface area contributed by atoms with E-state index in [-0.39, 0.29) is 5.91 Å². The summed E-state index contributed by atoms with van der Waals surface area (Å²) in [4.78, 5) is 19.4. The van der Waals surface area contributed by atoms with E-state index in [1.807, 2.05) is 24.5 Å². The summed E-state index contributed by atoms with van der Waals surface area (Å²) in [6.45, 7) is 0.496. The molecule has 6 heteroatoms. The third-order valence-electron chi connectivity index (χ3n) is 6.94. The highest BCUT2D eigenvalue weighted by Gasteiger charge is 2.73. The van der Waals surface area contributed by atoms with Gasteiger partial charge in [0.25, 0.3) is 0 Å². The van der Waals surface area contributed by atoms with Crippen molar-refractivity contribution in [2.24, 2.45) is 5.92 Å². The van der Waals surface area contributed by atoms with E-state index < -0.39 is 0 Å². The first-order valence-electron chi connectivity index (χ1n) is 9.70. The highest BCUT2D eigenvalue weighted by Crippen LogP contribution is 2.66. The van der Waals surface area contributed by atoms with Crippen LogP contribution in [0, 0.1) is 5.92 Å². The maximum absolute atomic E-state index is 12.6. The Labute approximate surface area is 157 Å². The normalized spacial score (nSPS) is 30.4. The molecule has 1 aliphatic heterocycles. The first-order chi connectivity index (χ1) is 13.2. The van der Waals surface area contributed by atoms with Crippen molar-refractivity contribution in [1.29, 1.82) is 0 Å². The van der Waals surface area contributed by atoms with Crippen LogP contribution in [0.4, 0.5) is 5.82 Å². The van der Waals surface area contributed by atoms with Gasteiger partial charge >= 0.3 is 0 Å². The van der Waals surface area contributed by atoms with E-state index in [0.29, 0.717) is 23.9 Å². The maximum Gasteiger partial charge on any atom is 0.239 e. The van der Waals surface area contributed by atoms with Crippen LogP contribution < -0.4 is 5.32 Å². The van der Waals surface area contributed by atoms with Gasteiger partial charge in [0.05, 0.1) is 12.7 Å². The highest BCUT2D eigenvalue weighted by atomic mass is 16.2. The number of carbonyl (C=O) groups excluding carboxylic acids is 1. The van der Waals surface area contributed by atoms with Gasteiger partial charge in [0.15, 0.2) is 0 Å². The smallest absolute Gasteiger partial charge is 0.239 e. The third-order valence-corrected chi connectivity index (χ3v) is 6.94. The lowest BCUT2D eigenvalue weighted by Gasteiger charge is -2.35. The number of piperidine rings is 1. The molecule has 1 spiro atoms. The predicted molar refractivity (Wildman–Crippen MR) is 103 cm³/mol. The van der Waals surface area contributed by atoms with E-state index in [9.17, 15) is 4.79 Å². The Morgan fingerprint density at radius 2 is 2.15 bits per heavy atom. The number of amides is 1. The largest absolute Gasteiger partial charge is 0.310 e. The Kier molecular flexibility index (Phi) is 3.06. The molecular formula is C21H21N5O. The number of nitrogens with one attached hydrogen (secondary N) is 2. The van der Waals surface area contributed by atoms with Crippen molar-refractivity contribution in [3.05, 3.63) is 42.9 Å². The van der Waals surface area contributed by atoms with Gasteiger partial charge in [0, 0.05) is 34.9 Å². The van der Waals surface area contributed by atoms with Gasteiger partial charge in [-0.3, -0.25) is 14.8 Å². The molecule has 2 saturated carbocycles. The Balaban J connectivity index is 1.20. The topological polar surface area (TPSA) is 73.7 Å². The van der Waals surface area contributed by atoms with Crippen LogP contribution in [0.2, 0.25) is 0 Å². The maximum atomic E-state index is 12.6. The predicted octanol–water partition coefficient (Wildman–Crippen LogP) is 3.19. The zero-order chi connectivity index (χ0) is 18.0. The van der Waals surface area contributed by atoms with Crippen LogP contribution in [-0.4, -0.2) is 44.1 Å². The van der Waals surface area contributed by atoms with Crippen LogP contribution in [0.1, 0.15) is 25.7 Å². The second-order valence-electron chi connectivity index (χ2n) is 8.11. The van der Waals surface area contributed by atoms with E-state index in [1.54, 1.807) is 6.20 Å². The van der Waals surface area contributed by atoms with Gasteiger partial charge in [-0.15, -0.1) is 0 Å². The summed E-state index contributed by atoms with van der Waals surface area (Å²) in [6.07, 6.45) is 10.7. The fraction of sp³-hybridized carbons (Fsp3) is 0.381. The summed E-state index contributed by atoms with van der Waals surface area (Å²) < 4.78 is 0. The molecule has 2 aliphatic carbocycles. The van der Waals surface area contributed by atoms with Crippen LogP contribution in [0.3, 0.4) is 0 Å². The van der Waals surface area contributed by atoms with Gasteiger partial charge in [-0.2, -0.15) is 5.10 Å². The van der Waals surface area contributed by atoms with Crippen molar-refractivity contribution in [2.75, 3.05) is 11.9 Å². The second-order valence-corrected chi connectivity index (χ2v) is 8.11. The summed E-state index contributed by atoms with van der Waals surface area (Å²) in [7, 11) is 0. The first kappa shape index (κ1) is 15.3. The lowest BCUT2D eigenvalue weighted by Crippen LogP contribution is -2.39. The number of aromatic nitrogens is 3. The molecule has 2 N–H and O–H groups in total. The fourth-order valence-corrected chi connectivity index (χ4v) is 5.49. The summed E-state index contributed by atoms with van der Waals surface area (Å²) in [6, 6.07) is 8.81. The van der Waals surface area contributed by atoms with Crippen LogP contribution in [-0.2, 0) is 4.79 Å². The summed E-state index contributed by atoms with van der Waals surface area (Å²) in [5.41, 5.74) is 2.53. The number of hydrogen-bond acceptors (Lipinski definition) is 4. The summed E-state index contributed by atoms with van der Waals surface area (Å²) in [5, 5.41) is 12.0. The van der Waals surface area contributed by atoms with Gasteiger partial charge < -0.3 is 5.32 Å². The summed E-state index contributed by atoms with van der Waals surface area (Å²) in [5.74, 6) is 1.50. The first-order valence-corrected chi connectivity index (χ1v) is 9.70. The number of anilines is 1. The highest BCUT2D eigenvalue weighted by molar-refractivity contribution is 5.95. The lowest BCUT2D eigenvalue weighted by atomic mass is 9.74. The molecule has 3 fully saturated rings. The van der Waals surface area contributed by atoms with Crippen LogP contribution in [0.15, 0.2) is 42.9 Å². The van der Waals surface area contributed by atoms with Gasteiger partial charge in [-0.05, 0) is 54.7 Å². The zero-order valence-electron chi connectivity index (χ0n) is 15.0. The molecule has 1 aromatic carbocycles. The van der Waals surface area contributed by atoms with Crippen molar-refractivity contribution in [2.45, 2.75) is 37.3 Å². The SMILES string of the molecule is O=C(CN1C2CCC3CCC321)Nc1cc2cc(-c3cn[nH]c3)ccc2cn1. The Morgan fingerprint density at radius 1 is 1.19 bits per heavy atom. The molecule has 4 atom stereocenters. The van der Waals surface area contributed by atoms with E-state index in [4.69, 9.17) is 0 Å². The molecule has 0 bridgehead atoms. The average molecular weight is 359 g/mol. The number of benzene rings is 1. The molecule has 4 unspecified atom stereocenters. The molecule has 3 aromatic rings. The second kappa shape index (κ2) is 5.39. The minimum Gasteiger partial charge on any atom is -0.310 e. The van der Waals surface area contributed by atoms with Crippen molar-refractivity contribution < 1.29 is 4.79 Å². The van der Waals surface area contributed by atoms with Crippen LogP contribution in [0.25, 0.3) is 21.9 Å². The molecule has 1 amide bonds. The van der Waals surface area contributed by atoms with Crippen molar-refractivity contribution >= 4 is 22.5 Å². The van der Waals surface area contributed by atoms with Crippen LogP contribution >= 0.6 is 0 Å². The van der Waals surface area contributed by atoms with Crippen molar-refractivity contribution in [3.63, 3.8) is 0 Å². The molecule has 6 rings (SSSR count). The fourth-order valence-electron chi connectivity index (χ4n) is 5.49. The van der Waals surface area contributed by atoms with Gasteiger partial charge in [0.2, 0.25) is 5.91 Å². The standard InChI is InChI=1S/C21H21N5O/c27-20(12-26-18-4-3-17-5-6-21(17,18)26)25-19-8-15-7-13(16-10-23-24-11-16)1-2-14(15)9-22-19/h1-2,7-11,17-18H,3-6,12H2,(H,23,24)(H,22,25,27). The van der Waals surface area contributed by atoms with Crippen molar-refractivity contribution in [3.8, 4) is 11.1 Å². The molecule has 3 heterocycles. The van der Waals surface area contributed by atoms with Crippen molar-refractivity contribution in [1.82, 2.24) is 20.1 Å². The number of carbonyl (C=O) groups is 1. The number of likely N-dealkylation sites (tertiary alicyclic amines) is 1. The minimum absolute atomic E-state index is 0.0438. The molecular weight excluding hydrogens is 338 g/mol. The molecule has 2 aromatic heterocycles. The average Bonchev–Trinajstić information content (AvgIpc) is 2.97. The molecule has 6 nitrogen and oxygen atoms in total. The number of fused-ring (bicyclic) bond motifs is 1. The Bertz CT molecular complexity index is 1050. The number of hydrogen-bond donors (Lipinski definition) is 2. The third kappa shape index (κ3) is 2.19. The van der Waals surface area contributed by atoms with E-state index in [0.717, 1.165) is 27.8 Å².